The Kier molecular flexibility index (Phi) is 5.52. The molecule has 1 saturated carbocycles. The average molecular weight is 307 g/mol. The normalized spacial score (nSPS) is 18.3. The standard InChI is InChI=1S/C12H21NO6S/c1-3-5-9(11(15)16)13-20(17,18)12(6-7-12)8-10(14)19-4-2/h9,13H,3-8H2,1-2H3,(H,15,16). The highest BCUT2D eigenvalue weighted by molar-refractivity contribution is 7.91. The lowest BCUT2D eigenvalue weighted by molar-refractivity contribution is -0.143. The van der Waals surface area contributed by atoms with E-state index in [1.54, 1.807) is 13.8 Å². The van der Waals surface area contributed by atoms with Crippen LogP contribution in [-0.4, -0.2) is 42.9 Å². The molecule has 0 amide bonds. The van der Waals surface area contributed by atoms with Crippen molar-refractivity contribution in [3.63, 3.8) is 0 Å². The molecule has 1 aliphatic rings. The Morgan fingerprint density at radius 2 is 1.95 bits per heavy atom. The van der Waals surface area contributed by atoms with E-state index in [4.69, 9.17) is 9.84 Å². The van der Waals surface area contributed by atoms with Crippen LogP contribution in [0.2, 0.25) is 0 Å². The number of hydrogen-bond acceptors (Lipinski definition) is 5. The molecule has 0 saturated heterocycles. The van der Waals surface area contributed by atoms with E-state index < -0.39 is 32.8 Å². The molecule has 1 aliphatic carbocycles. The summed E-state index contributed by atoms with van der Waals surface area (Å²) in [5.74, 6) is -1.78. The Balaban J connectivity index is 2.77. The van der Waals surface area contributed by atoms with Crippen LogP contribution in [0, 0.1) is 0 Å². The Morgan fingerprint density at radius 3 is 2.35 bits per heavy atom. The van der Waals surface area contributed by atoms with Crippen LogP contribution in [0.5, 0.6) is 0 Å². The van der Waals surface area contributed by atoms with Gasteiger partial charge in [0.15, 0.2) is 0 Å². The maximum absolute atomic E-state index is 12.3. The number of sulfonamides is 1. The van der Waals surface area contributed by atoms with E-state index in [0.29, 0.717) is 19.3 Å². The van der Waals surface area contributed by atoms with Crippen molar-refractivity contribution in [3.05, 3.63) is 0 Å². The predicted octanol–water partition coefficient (Wildman–Crippen LogP) is 0.645. The van der Waals surface area contributed by atoms with Crippen LogP contribution >= 0.6 is 0 Å². The summed E-state index contributed by atoms with van der Waals surface area (Å²) < 4.78 is 30.3. The minimum atomic E-state index is -3.86. The van der Waals surface area contributed by atoms with Gasteiger partial charge in [-0.1, -0.05) is 13.3 Å². The summed E-state index contributed by atoms with van der Waals surface area (Å²) in [6.45, 7) is 3.61. The zero-order valence-corrected chi connectivity index (χ0v) is 12.5. The summed E-state index contributed by atoms with van der Waals surface area (Å²) in [7, 11) is -3.86. The van der Waals surface area contributed by atoms with Gasteiger partial charge in [-0.3, -0.25) is 9.59 Å². The summed E-state index contributed by atoms with van der Waals surface area (Å²) in [5, 5.41) is 9.00. The first-order valence-electron chi connectivity index (χ1n) is 6.68. The molecule has 1 fully saturated rings. The van der Waals surface area contributed by atoms with Gasteiger partial charge in [0.2, 0.25) is 10.0 Å². The predicted molar refractivity (Wildman–Crippen MR) is 71.6 cm³/mol. The van der Waals surface area contributed by atoms with Crippen molar-refractivity contribution >= 4 is 22.0 Å². The summed E-state index contributed by atoms with van der Waals surface area (Å²) in [6, 6.07) is -1.15. The quantitative estimate of drug-likeness (QED) is 0.605. The Morgan fingerprint density at radius 1 is 1.35 bits per heavy atom. The maximum Gasteiger partial charge on any atom is 0.321 e. The largest absolute Gasteiger partial charge is 0.480 e. The molecular formula is C12H21NO6S. The van der Waals surface area contributed by atoms with Gasteiger partial charge < -0.3 is 9.84 Å². The van der Waals surface area contributed by atoms with Gasteiger partial charge >= 0.3 is 11.9 Å². The fourth-order valence-electron chi connectivity index (χ4n) is 1.99. The first-order valence-corrected chi connectivity index (χ1v) is 8.16. The van der Waals surface area contributed by atoms with Gasteiger partial charge in [0.25, 0.3) is 0 Å². The van der Waals surface area contributed by atoms with Crippen LogP contribution in [0.3, 0.4) is 0 Å². The van der Waals surface area contributed by atoms with Gasteiger partial charge in [0.1, 0.15) is 6.04 Å². The zero-order chi connectivity index (χ0) is 15.4. The number of carboxylic acid groups (broad SMARTS) is 1. The Labute approximate surface area is 118 Å². The molecule has 0 spiro atoms. The molecule has 0 radical (unpaired) electrons. The highest BCUT2D eigenvalue weighted by Gasteiger charge is 2.56. The second kappa shape index (κ2) is 6.53. The molecule has 0 heterocycles. The van der Waals surface area contributed by atoms with E-state index in [1.807, 2.05) is 0 Å². The fraction of sp³-hybridized carbons (Fsp3) is 0.833. The van der Waals surface area contributed by atoms with Crippen molar-refractivity contribution in [2.24, 2.45) is 0 Å². The number of hydrogen-bond donors (Lipinski definition) is 2. The van der Waals surface area contributed by atoms with Gasteiger partial charge in [-0.05, 0) is 26.2 Å². The molecular weight excluding hydrogens is 286 g/mol. The molecule has 0 bridgehead atoms. The van der Waals surface area contributed by atoms with Crippen LogP contribution in [0.25, 0.3) is 0 Å². The maximum atomic E-state index is 12.3. The SMILES string of the molecule is CCCC(NS(=O)(=O)C1(CC(=O)OCC)CC1)C(=O)O. The number of esters is 1. The van der Waals surface area contributed by atoms with Gasteiger partial charge in [0, 0.05) is 0 Å². The summed E-state index contributed by atoms with van der Waals surface area (Å²) in [4.78, 5) is 22.5. The van der Waals surface area contributed by atoms with E-state index >= 15 is 0 Å². The van der Waals surface area contributed by atoms with Crippen LogP contribution in [0.15, 0.2) is 0 Å². The van der Waals surface area contributed by atoms with Gasteiger partial charge in [-0.2, -0.15) is 0 Å². The van der Waals surface area contributed by atoms with Crippen molar-refractivity contribution in [2.75, 3.05) is 6.61 Å². The molecule has 1 rings (SSSR count). The average Bonchev–Trinajstić information content (AvgIpc) is 3.09. The second-order valence-electron chi connectivity index (χ2n) is 4.97. The number of ether oxygens (including phenoxy) is 1. The number of carbonyl (C=O) groups is 2. The molecule has 0 aliphatic heterocycles. The number of nitrogens with one attached hydrogen (secondary N) is 1. The van der Waals surface area contributed by atoms with Crippen molar-refractivity contribution in [1.29, 1.82) is 0 Å². The number of rotatable bonds is 9. The lowest BCUT2D eigenvalue weighted by Crippen LogP contribution is -2.46. The lowest BCUT2D eigenvalue weighted by atomic mass is 10.2. The number of carbonyl (C=O) groups excluding carboxylic acids is 1. The van der Waals surface area contributed by atoms with Crippen molar-refractivity contribution in [2.45, 2.75) is 56.7 Å². The third-order valence-electron chi connectivity index (χ3n) is 3.32. The topological polar surface area (TPSA) is 110 Å². The van der Waals surface area contributed by atoms with E-state index in [2.05, 4.69) is 4.72 Å². The summed E-state index contributed by atoms with van der Waals surface area (Å²) >= 11 is 0. The molecule has 8 heteroatoms. The van der Waals surface area contributed by atoms with E-state index in [1.165, 1.54) is 0 Å². The number of aliphatic carboxylic acids is 1. The molecule has 2 N–H and O–H groups in total. The monoisotopic (exact) mass is 307 g/mol. The number of carboxylic acids is 1. The van der Waals surface area contributed by atoms with Crippen LogP contribution < -0.4 is 4.72 Å². The lowest BCUT2D eigenvalue weighted by Gasteiger charge is -2.20. The summed E-state index contributed by atoms with van der Waals surface area (Å²) in [5.41, 5.74) is 0. The van der Waals surface area contributed by atoms with E-state index in [0.717, 1.165) is 0 Å². The smallest absolute Gasteiger partial charge is 0.321 e. The molecule has 116 valence electrons. The van der Waals surface area contributed by atoms with Crippen LogP contribution in [0.1, 0.15) is 46.0 Å². The first kappa shape index (κ1) is 16.9. The third-order valence-corrected chi connectivity index (χ3v) is 5.61. The van der Waals surface area contributed by atoms with Gasteiger partial charge in [-0.15, -0.1) is 0 Å². The molecule has 0 aromatic carbocycles. The fourth-order valence-corrected chi connectivity index (χ4v) is 3.78. The second-order valence-corrected chi connectivity index (χ2v) is 7.07. The Bertz CT molecular complexity index is 468. The van der Waals surface area contributed by atoms with Crippen molar-refractivity contribution < 1.29 is 27.9 Å². The Hall–Kier alpha value is -1.15. The van der Waals surface area contributed by atoms with Crippen LogP contribution in [-0.2, 0) is 24.3 Å². The minimum absolute atomic E-state index is 0.190. The molecule has 1 unspecified atom stereocenters. The summed E-state index contributed by atoms with van der Waals surface area (Å²) in [6.07, 6.45) is 1.22. The van der Waals surface area contributed by atoms with Crippen LogP contribution in [0.4, 0.5) is 0 Å². The molecule has 1 atom stereocenters. The highest BCUT2D eigenvalue weighted by atomic mass is 32.2. The van der Waals surface area contributed by atoms with E-state index in [9.17, 15) is 18.0 Å². The third kappa shape index (κ3) is 3.92. The minimum Gasteiger partial charge on any atom is -0.480 e. The molecule has 20 heavy (non-hydrogen) atoms. The molecule has 0 aromatic heterocycles. The highest BCUT2D eigenvalue weighted by Crippen LogP contribution is 2.46. The van der Waals surface area contributed by atoms with Crippen molar-refractivity contribution in [1.82, 2.24) is 4.72 Å². The van der Waals surface area contributed by atoms with Crippen molar-refractivity contribution in [3.8, 4) is 0 Å². The first-order chi connectivity index (χ1) is 9.28. The van der Waals surface area contributed by atoms with Gasteiger partial charge in [0.05, 0.1) is 17.8 Å². The molecule has 7 nitrogen and oxygen atoms in total. The zero-order valence-electron chi connectivity index (χ0n) is 11.7. The molecule has 0 aromatic rings. The van der Waals surface area contributed by atoms with Gasteiger partial charge in [-0.25, -0.2) is 13.1 Å². The van der Waals surface area contributed by atoms with E-state index in [-0.39, 0.29) is 19.4 Å².